The molecule has 2 aliphatic heterocycles. The first-order chi connectivity index (χ1) is 28.6. The molecule has 2 aliphatic rings. The summed E-state index contributed by atoms with van der Waals surface area (Å²) in [5.41, 5.74) is -0.628. The van der Waals surface area contributed by atoms with E-state index in [4.69, 9.17) is 32.7 Å². The summed E-state index contributed by atoms with van der Waals surface area (Å²) in [4.78, 5) is 37.1. The highest BCUT2D eigenvalue weighted by atomic mass is 79.9. The number of hydrogen-bond acceptors (Lipinski definition) is 8. The molecule has 0 aromatic carbocycles. The first-order valence-corrected chi connectivity index (χ1v) is 25.4. The molecule has 4 heterocycles. The number of amides is 2. The summed E-state index contributed by atoms with van der Waals surface area (Å²) in [6.45, 7) is 32.6. The van der Waals surface area contributed by atoms with E-state index in [0.717, 1.165) is 48.8 Å². The summed E-state index contributed by atoms with van der Waals surface area (Å²) in [7, 11) is -2.42. The molecule has 0 aliphatic carbocycles. The molecule has 63 heavy (non-hydrogen) atoms. The van der Waals surface area contributed by atoms with Gasteiger partial charge in [0.05, 0.1) is 42.3 Å². The van der Waals surface area contributed by atoms with Gasteiger partial charge in [-0.05, 0) is 201 Å². The molecule has 17 heteroatoms. The lowest BCUT2D eigenvalue weighted by molar-refractivity contribution is 0.0118. The van der Waals surface area contributed by atoms with Crippen LogP contribution in [0.1, 0.15) is 161 Å². The molecule has 4 rings (SSSR count). The first-order valence-electron chi connectivity index (χ1n) is 21.6. The van der Waals surface area contributed by atoms with Crippen molar-refractivity contribution in [3.8, 4) is 0 Å². The van der Waals surface area contributed by atoms with Crippen LogP contribution in [0.5, 0.6) is 0 Å². The van der Waals surface area contributed by atoms with Crippen molar-refractivity contribution in [1.82, 2.24) is 24.5 Å². The molecule has 2 aromatic rings. The molecule has 5 atom stereocenters. The van der Waals surface area contributed by atoms with Crippen LogP contribution in [0, 0.1) is 11.8 Å². The molecule has 3 unspecified atom stereocenters. The van der Waals surface area contributed by atoms with Crippen LogP contribution in [0.2, 0.25) is 10.0 Å². The SMILES string of the molecule is CC(C)(C)OC(=O)N1C[C@@H](CCC(NS(=O)C(C)(C)C)c2ccc(Cl)cn2)CC1(C)C.CC(C)(C)OC(=O)N1C[C@@H](CCC=NS(=O)C(C)(C)C)CC1(C)C.Clc1ccc(Br)nc1. The maximum atomic E-state index is 12.8. The summed E-state index contributed by atoms with van der Waals surface area (Å²) in [6, 6.07) is 7.10. The number of carbonyl (C=O) groups is 2. The predicted octanol–water partition coefficient (Wildman–Crippen LogP) is 12.5. The van der Waals surface area contributed by atoms with Crippen LogP contribution >= 0.6 is 39.1 Å². The van der Waals surface area contributed by atoms with Crippen LogP contribution in [0.15, 0.2) is 45.7 Å². The first kappa shape index (κ1) is 57.0. The highest BCUT2D eigenvalue weighted by Gasteiger charge is 2.44. The van der Waals surface area contributed by atoms with Gasteiger partial charge in [-0.1, -0.05) is 23.2 Å². The third-order valence-corrected chi connectivity index (χ3v) is 13.9. The van der Waals surface area contributed by atoms with Gasteiger partial charge in [-0.25, -0.2) is 27.7 Å². The summed E-state index contributed by atoms with van der Waals surface area (Å²) in [6.07, 6.45) is 9.69. The number of aromatic nitrogens is 2. The molecule has 12 nitrogen and oxygen atoms in total. The van der Waals surface area contributed by atoms with Crippen molar-refractivity contribution < 1.29 is 27.5 Å². The maximum absolute atomic E-state index is 12.8. The minimum Gasteiger partial charge on any atom is -0.444 e. The van der Waals surface area contributed by atoms with E-state index in [1.807, 2.05) is 105 Å². The number of ether oxygens (including phenoxy) is 2. The molecule has 0 bridgehead atoms. The zero-order valence-electron chi connectivity index (χ0n) is 40.6. The molecule has 0 saturated carbocycles. The second-order valence-corrected chi connectivity index (χ2v) is 27.1. The molecule has 2 amide bonds. The number of rotatable bonds is 10. The zero-order valence-corrected chi connectivity index (χ0v) is 45.3. The van der Waals surface area contributed by atoms with Crippen molar-refractivity contribution in [2.24, 2.45) is 16.2 Å². The highest BCUT2D eigenvalue weighted by molar-refractivity contribution is 9.10. The van der Waals surface area contributed by atoms with Crippen molar-refractivity contribution >= 4 is 79.5 Å². The predicted molar refractivity (Wildman–Crippen MR) is 265 cm³/mol. The number of nitrogens with zero attached hydrogens (tertiary/aromatic N) is 5. The highest BCUT2D eigenvalue weighted by Crippen LogP contribution is 2.38. The van der Waals surface area contributed by atoms with Crippen molar-refractivity contribution in [3.63, 3.8) is 0 Å². The lowest BCUT2D eigenvalue weighted by Crippen LogP contribution is -2.45. The van der Waals surface area contributed by atoms with E-state index in [2.05, 4.69) is 62.7 Å². The van der Waals surface area contributed by atoms with Crippen LogP contribution < -0.4 is 4.72 Å². The van der Waals surface area contributed by atoms with Gasteiger partial charge in [-0.2, -0.15) is 4.40 Å². The average Bonchev–Trinajstić information content (AvgIpc) is 3.61. The van der Waals surface area contributed by atoms with Crippen molar-refractivity contribution in [2.45, 2.75) is 187 Å². The Balaban J connectivity index is 0.000000376. The normalized spacial score (nSPS) is 20.2. The van der Waals surface area contributed by atoms with Crippen LogP contribution in [-0.2, 0) is 31.4 Å². The Morgan fingerprint density at radius 1 is 0.794 bits per heavy atom. The maximum Gasteiger partial charge on any atom is 0.410 e. The van der Waals surface area contributed by atoms with Crippen molar-refractivity contribution in [1.29, 1.82) is 0 Å². The van der Waals surface area contributed by atoms with E-state index in [1.165, 1.54) is 0 Å². The van der Waals surface area contributed by atoms with E-state index < -0.39 is 33.2 Å². The molecule has 2 aromatic heterocycles. The Morgan fingerprint density at radius 3 is 1.63 bits per heavy atom. The van der Waals surface area contributed by atoms with Gasteiger partial charge < -0.3 is 19.3 Å². The lowest BCUT2D eigenvalue weighted by atomic mass is 9.91. The Labute approximate surface area is 402 Å². The van der Waals surface area contributed by atoms with E-state index in [0.29, 0.717) is 35.0 Å². The monoisotopic (exact) mass is 1020 g/mol. The Hall–Kier alpha value is -2.17. The topological polar surface area (TPSA) is 143 Å². The standard InChI is InChI=1S/C23H38ClN3O3S.C18H34N2O3S.C5H3BrClN/c1-21(2,3)30-20(28)27-15-16(13-23(27,7)8)9-11-19(26-31(29)22(4,5)6)18-12-10-17(24)14-25-18;1-16(2,3)23-15(21)20-13-14(12-18(20,7)8)10-9-11-19-24(22)17(4,5)6;6-5-2-1-4(7)3-8-5/h10,12,14,16,19,26H,9,11,13,15H2,1-8H3;11,14H,9-10,12-13H2,1-8H3;1-3H/t16-,19?,31?;14-,24?;/m00./s1. The van der Waals surface area contributed by atoms with E-state index >= 15 is 0 Å². The van der Waals surface area contributed by atoms with Crippen LogP contribution in [0.25, 0.3) is 0 Å². The van der Waals surface area contributed by atoms with Gasteiger partial charge in [-0.3, -0.25) is 4.98 Å². The molecule has 0 spiro atoms. The van der Waals surface area contributed by atoms with Gasteiger partial charge in [-0.15, -0.1) is 0 Å². The van der Waals surface area contributed by atoms with Crippen molar-refractivity contribution in [2.75, 3.05) is 13.1 Å². The summed E-state index contributed by atoms with van der Waals surface area (Å²) in [5.74, 6) is 0.754. The third kappa shape index (κ3) is 20.9. The van der Waals surface area contributed by atoms with E-state index in [9.17, 15) is 18.0 Å². The quantitative estimate of drug-likeness (QED) is 0.183. The van der Waals surface area contributed by atoms with Gasteiger partial charge in [0.1, 0.15) is 26.8 Å². The molecule has 1 N–H and O–H groups in total. The van der Waals surface area contributed by atoms with Crippen molar-refractivity contribution in [3.05, 3.63) is 57.0 Å². The van der Waals surface area contributed by atoms with Gasteiger partial charge >= 0.3 is 12.2 Å². The average molecular weight is 1020 g/mol. The second kappa shape index (κ2) is 23.5. The minimum atomic E-state index is -1.22. The van der Waals surface area contributed by atoms with Gasteiger partial charge in [0.25, 0.3) is 0 Å². The van der Waals surface area contributed by atoms with Crippen LogP contribution in [0.3, 0.4) is 0 Å². The fraction of sp³-hybridized carbons (Fsp3) is 0.717. The minimum absolute atomic E-state index is 0.156. The summed E-state index contributed by atoms with van der Waals surface area (Å²) < 4.78 is 43.3. The molecule has 2 saturated heterocycles. The third-order valence-electron chi connectivity index (χ3n) is 10.0. The Bertz CT molecular complexity index is 1840. The number of carbonyl (C=O) groups excluding carboxylic acids is 2. The van der Waals surface area contributed by atoms with E-state index in [-0.39, 0.29) is 38.8 Å². The fourth-order valence-electron chi connectivity index (χ4n) is 6.95. The number of pyridine rings is 2. The Kier molecular flexibility index (Phi) is 21.3. The molecule has 0 radical (unpaired) electrons. The number of hydrogen-bond donors (Lipinski definition) is 1. The Morgan fingerprint density at radius 2 is 1.25 bits per heavy atom. The van der Waals surface area contributed by atoms with Crippen LogP contribution in [0.4, 0.5) is 9.59 Å². The van der Waals surface area contributed by atoms with Crippen LogP contribution in [-0.4, -0.2) is 91.5 Å². The number of halogens is 3. The summed E-state index contributed by atoms with van der Waals surface area (Å²) in [5, 5.41) is 1.23. The van der Waals surface area contributed by atoms with Gasteiger partial charge in [0, 0.05) is 42.8 Å². The molecule has 358 valence electrons. The zero-order chi connectivity index (χ0) is 48.4. The van der Waals surface area contributed by atoms with E-state index in [1.54, 1.807) is 30.7 Å². The smallest absolute Gasteiger partial charge is 0.410 e. The fourth-order valence-corrected chi connectivity index (χ4v) is 8.82. The van der Waals surface area contributed by atoms with Gasteiger partial charge in [0.2, 0.25) is 0 Å². The molecule has 2 fully saturated rings. The second-order valence-electron chi connectivity index (χ2n) is 21.5. The van der Waals surface area contributed by atoms with Gasteiger partial charge in [0.15, 0.2) is 0 Å². The lowest BCUT2D eigenvalue weighted by Gasteiger charge is -2.33. The molecular weight excluding hydrogens is 947 g/mol. The molecular formula is C46H75BrCl2N6O6S2. The summed E-state index contributed by atoms with van der Waals surface area (Å²) >= 11 is 14.7. The number of nitrogens with one attached hydrogen (secondary N) is 1. The number of likely N-dealkylation sites (tertiary alicyclic amines) is 2. The largest absolute Gasteiger partial charge is 0.444 e.